The van der Waals surface area contributed by atoms with E-state index in [0.717, 1.165) is 11.1 Å². The molecule has 0 saturated carbocycles. The Bertz CT molecular complexity index is 559. The van der Waals surface area contributed by atoms with Crippen molar-refractivity contribution in [3.05, 3.63) is 16.3 Å². The van der Waals surface area contributed by atoms with Gasteiger partial charge in [-0.25, -0.2) is 9.48 Å². The zero-order valence-corrected chi connectivity index (χ0v) is 11.2. The number of amides is 2. The van der Waals surface area contributed by atoms with Crippen LogP contribution in [0.1, 0.15) is 23.5 Å². The number of carbonyl (C=O) groups excluding carboxylic acids is 2. The molecule has 1 saturated heterocycles. The fourth-order valence-corrected chi connectivity index (χ4v) is 2.20. The molecule has 8 nitrogen and oxygen atoms in total. The highest BCUT2D eigenvalue weighted by Gasteiger charge is 2.36. The average molecular weight is 267 g/mol. The number of H-pyrrole nitrogens is 1. The van der Waals surface area contributed by atoms with Gasteiger partial charge in [-0.3, -0.25) is 14.6 Å². The van der Waals surface area contributed by atoms with E-state index in [1.54, 1.807) is 14.1 Å². The number of aromatic amines is 1. The topological polar surface area (TPSA) is 91.3 Å². The van der Waals surface area contributed by atoms with E-state index in [1.165, 1.54) is 16.8 Å². The van der Waals surface area contributed by atoms with Crippen LogP contribution in [-0.4, -0.2) is 63.1 Å². The molecule has 1 N–H and O–H groups in total. The van der Waals surface area contributed by atoms with Crippen LogP contribution in [0.4, 0.5) is 0 Å². The van der Waals surface area contributed by atoms with Crippen molar-refractivity contribution >= 4 is 11.8 Å². The Kier molecular flexibility index (Phi) is 3.41. The largest absolute Gasteiger partial charge is 0.347 e. The second-order valence-corrected chi connectivity index (χ2v) is 4.79. The Morgan fingerprint density at radius 2 is 2.11 bits per heavy atom. The third-order valence-corrected chi connectivity index (χ3v) is 3.21. The van der Waals surface area contributed by atoms with Crippen LogP contribution in [0.5, 0.6) is 0 Å². The van der Waals surface area contributed by atoms with Gasteiger partial charge in [0.05, 0.1) is 0 Å². The normalized spacial score (nSPS) is 18.7. The molecule has 0 unspecified atom stereocenters. The molecule has 1 aliphatic heterocycles. The Balaban J connectivity index is 2.23. The Morgan fingerprint density at radius 1 is 1.42 bits per heavy atom. The van der Waals surface area contributed by atoms with E-state index in [-0.39, 0.29) is 11.7 Å². The predicted molar refractivity (Wildman–Crippen MR) is 66.6 cm³/mol. The van der Waals surface area contributed by atoms with Crippen LogP contribution in [0.15, 0.2) is 4.79 Å². The van der Waals surface area contributed by atoms with Gasteiger partial charge in [-0.1, -0.05) is 0 Å². The van der Waals surface area contributed by atoms with Gasteiger partial charge >= 0.3 is 5.69 Å². The summed E-state index contributed by atoms with van der Waals surface area (Å²) >= 11 is 0. The number of aromatic nitrogens is 3. The maximum atomic E-state index is 12.3. The van der Waals surface area contributed by atoms with Gasteiger partial charge in [0.25, 0.3) is 5.91 Å². The lowest BCUT2D eigenvalue weighted by atomic mass is 10.2. The van der Waals surface area contributed by atoms with Gasteiger partial charge in [0.15, 0.2) is 0 Å². The Hall–Kier alpha value is -2.12. The number of carbonyl (C=O) groups is 2. The third-order valence-electron chi connectivity index (χ3n) is 3.21. The van der Waals surface area contributed by atoms with Crippen LogP contribution in [0.2, 0.25) is 0 Å². The van der Waals surface area contributed by atoms with Gasteiger partial charge in [0, 0.05) is 27.7 Å². The summed E-state index contributed by atoms with van der Waals surface area (Å²) in [6, 6.07) is -0.465. The first-order chi connectivity index (χ1) is 8.91. The monoisotopic (exact) mass is 267 g/mol. The lowest BCUT2D eigenvalue weighted by Gasteiger charge is -2.25. The third kappa shape index (κ3) is 2.38. The maximum Gasteiger partial charge on any atom is 0.343 e. The molecule has 1 fully saturated rings. The van der Waals surface area contributed by atoms with Crippen molar-refractivity contribution in [3.8, 4) is 0 Å². The summed E-state index contributed by atoms with van der Waals surface area (Å²) in [7, 11) is 4.78. The number of hydrogen-bond donors (Lipinski definition) is 1. The second-order valence-electron chi connectivity index (χ2n) is 4.79. The maximum absolute atomic E-state index is 12.3. The minimum Gasteiger partial charge on any atom is -0.347 e. The molecule has 2 heterocycles. The lowest BCUT2D eigenvalue weighted by Crippen LogP contribution is -2.45. The molecule has 1 aliphatic rings. The van der Waals surface area contributed by atoms with Crippen molar-refractivity contribution in [3.63, 3.8) is 0 Å². The molecule has 0 aromatic carbocycles. The van der Waals surface area contributed by atoms with Crippen LogP contribution in [0, 0.1) is 0 Å². The minimum absolute atomic E-state index is 0.0223. The summed E-state index contributed by atoms with van der Waals surface area (Å²) in [6.07, 6.45) is 1.41. The fraction of sp³-hybridized carbons (Fsp3) is 0.636. The zero-order chi connectivity index (χ0) is 14.2. The van der Waals surface area contributed by atoms with Crippen molar-refractivity contribution in [1.82, 2.24) is 24.6 Å². The number of nitrogens with zero attached hydrogens (tertiary/aromatic N) is 4. The van der Waals surface area contributed by atoms with E-state index in [4.69, 9.17) is 0 Å². The molecule has 2 rings (SSSR count). The van der Waals surface area contributed by atoms with Crippen LogP contribution in [0.3, 0.4) is 0 Å². The highest BCUT2D eigenvalue weighted by Crippen LogP contribution is 2.20. The number of nitrogens with one attached hydrogen (secondary N) is 1. The fourth-order valence-electron chi connectivity index (χ4n) is 2.20. The second kappa shape index (κ2) is 4.87. The molecule has 0 bridgehead atoms. The molecule has 1 aromatic rings. The molecule has 2 amide bonds. The van der Waals surface area contributed by atoms with E-state index >= 15 is 0 Å². The van der Waals surface area contributed by atoms with E-state index in [9.17, 15) is 14.4 Å². The number of aryl methyl sites for hydroxylation is 1. The van der Waals surface area contributed by atoms with Gasteiger partial charge in [-0.05, 0) is 12.8 Å². The Morgan fingerprint density at radius 3 is 2.63 bits per heavy atom. The van der Waals surface area contributed by atoms with Gasteiger partial charge < -0.3 is 9.80 Å². The van der Waals surface area contributed by atoms with Crippen LogP contribution >= 0.6 is 0 Å². The van der Waals surface area contributed by atoms with Crippen LogP contribution in [0.25, 0.3) is 0 Å². The van der Waals surface area contributed by atoms with Crippen molar-refractivity contribution < 1.29 is 9.59 Å². The summed E-state index contributed by atoms with van der Waals surface area (Å²) in [4.78, 5) is 40.9. The first-order valence-corrected chi connectivity index (χ1v) is 6.07. The van der Waals surface area contributed by atoms with Gasteiger partial charge in [-0.15, -0.1) is 5.10 Å². The van der Waals surface area contributed by atoms with E-state index < -0.39 is 17.6 Å². The number of rotatable bonds is 2. The first-order valence-electron chi connectivity index (χ1n) is 6.07. The van der Waals surface area contributed by atoms with Gasteiger partial charge in [-0.2, -0.15) is 0 Å². The quantitative estimate of drug-likeness (QED) is 0.728. The predicted octanol–water partition coefficient (Wildman–Crippen LogP) is -1.20. The van der Waals surface area contributed by atoms with Gasteiger partial charge in [0.1, 0.15) is 6.04 Å². The van der Waals surface area contributed by atoms with Crippen molar-refractivity contribution in [1.29, 1.82) is 0 Å². The number of likely N-dealkylation sites (N-methyl/N-ethyl adjacent to an activating group) is 1. The van der Waals surface area contributed by atoms with E-state index in [2.05, 4.69) is 10.1 Å². The zero-order valence-electron chi connectivity index (χ0n) is 11.2. The molecule has 8 heteroatoms. The van der Waals surface area contributed by atoms with E-state index in [0.29, 0.717) is 13.0 Å². The molecule has 1 atom stereocenters. The smallest absolute Gasteiger partial charge is 0.343 e. The van der Waals surface area contributed by atoms with Crippen molar-refractivity contribution in [2.75, 3.05) is 20.6 Å². The summed E-state index contributed by atoms with van der Waals surface area (Å²) in [6.45, 7) is 0.502. The van der Waals surface area contributed by atoms with Crippen LogP contribution < -0.4 is 5.69 Å². The lowest BCUT2D eigenvalue weighted by molar-refractivity contribution is -0.132. The van der Waals surface area contributed by atoms with E-state index in [1.807, 2.05) is 0 Å². The number of hydrogen-bond acceptors (Lipinski definition) is 4. The SMILES string of the molecule is CN(C)C(=O)[C@@H]1CCCN1C(=O)c1nn(C)c(=O)[nH]1. The molecule has 104 valence electrons. The highest BCUT2D eigenvalue weighted by atomic mass is 16.2. The molecule has 0 radical (unpaired) electrons. The first kappa shape index (κ1) is 13.3. The van der Waals surface area contributed by atoms with Crippen molar-refractivity contribution in [2.45, 2.75) is 18.9 Å². The van der Waals surface area contributed by atoms with Crippen molar-refractivity contribution in [2.24, 2.45) is 7.05 Å². The van der Waals surface area contributed by atoms with Gasteiger partial charge in [0.2, 0.25) is 11.7 Å². The molecule has 0 aliphatic carbocycles. The summed E-state index contributed by atoms with van der Waals surface area (Å²) < 4.78 is 1.06. The summed E-state index contributed by atoms with van der Waals surface area (Å²) in [5.41, 5.74) is -0.446. The Labute approximate surface area is 110 Å². The highest BCUT2D eigenvalue weighted by molar-refractivity contribution is 5.95. The average Bonchev–Trinajstić information content (AvgIpc) is 2.95. The molecular weight excluding hydrogens is 250 g/mol. The molecular formula is C11H17N5O3. The summed E-state index contributed by atoms with van der Waals surface area (Å²) in [5.74, 6) is -0.537. The van der Waals surface area contributed by atoms with Crippen LogP contribution in [-0.2, 0) is 11.8 Å². The summed E-state index contributed by atoms with van der Waals surface area (Å²) in [5, 5.41) is 3.83. The number of likely N-dealkylation sites (tertiary alicyclic amines) is 1. The molecule has 0 spiro atoms. The minimum atomic E-state index is -0.465. The molecule has 1 aromatic heterocycles. The molecule has 19 heavy (non-hydrogen) atoms. The standard InChI is InChI=1S/C11H17N5O3/c1-14(2)9(17)7-5-4-6-16(7)10(18)8-12-11(19)15(3)13-8/h7H,4-6H2,1-3H3,(H,12,13,19)/t7-/m0/s1.